The molecule has 0 spiro atoms. The van der Waals surface area contributed by atoms with E-state index < -0.39 is 27.5 Å². The molecule has 13 heteroatoms. The van der Waals surface area contributed by atoms with E-state index in [0.717, 1.165) is 31.3 Å². The van der Waals surface area contributed by atoms with Gasteiger partial charge in [-0.25, -0.2) is 26.6 Å². The first-order valence-electron chi connectivity index (χ1n) is 12.1. The fourth-order valence-electron chi connectivity index (χ4n) is 4.19. The summed E-state index contributed by atoms with van der Waals surface area (Å²) in [5.74, 6) is -2.11. The maximum atomic E-state index is 14.0. The van der Waals surface area contributed by atoms with E-state index in [1.807, 2.05) is 4.90 Å². The van der Waals surface area contributed by atoms with Crippen molar-refractivity contribution in [1.82, 2.24) is 15.2 Å². The molecule has 2 heterocycles. The van der Waals surface area contributed by atoms with Crippen molar-refractivity contribution in [1.29, 1.82) is 0 Å². The summed E-state index contributed by atoms with van der Waals surface area (Å²) < 4.78 is 68.3. The normalized spacial score (nSPS) is 14.5. The van der Waals surface area contributed by atoms with Crippen LogP contribution in [-0.2, 0) is 10.0 Å². The second-order valence-electron chi connectivity index (χ2n) is 8.95. The van der Waals surface area contributed by atoms with Gasteiger partial charge in [0, 0.05) is 56.6 Å². The van der Waals surface area contributed by atoms with Crippen molar-refractivity contribution < 1.29 is 26.4 Å². The highest BCUT2D eigenvalue weighted by Crippen LogP contribution is 2.31. The molecule has 0 aliphatic carbocycles. The Labute approximate surface area is 227 Å². The van der Waals surface area contributed by atoms with E-state index >= 15 is 0 Å². The molecule has 1 saturated heterocycles. The van der Waals surface area contributed by atoms with Gasteiger partial charge in [0.05, 0.1) is 9.60 Å². The van der Waals surface area contributed by atoms with Gasteiger partial charge in [-0.2, -0.15) is 0 Å². The molecular formula is C26H24F3N5O3S2. The molecule has 1 aliphatic heterocycles. The lowest BCUT2D eigenvalue weighted by Gasteiger charge is -2.34. The van der Waals surface area contributed by atoms with Crippen LogP contribution in [0.3, 0.4) is 0 Å². The minimum absolute atomic E-state index is 0.0732. The van der Waals surface area contributed by atoms with Gasteiger partial charge in [-0.05, 0) is 54.6 Å². The summed E-state index contributed by atoms with van der Waals surface area (Å²) >= 11 is 1.26. The van der Waals surface area contributed by atoms with Crippen LogP contribution in [0.25, 0.3) is 10.2 Å². The number of thiazole rings is 1. The Morgan fingerprint density at radius 1 is 0.923 bits per heavy atom. The number of nitrogens with zero attached hydrogens (tertiary/aromatic N) is 3. The van der Waals surface area contributed by atoms with E-state index in [2.05, 4.69) is 19.9 Å². The number of hydrogen-bond donors (Lipinski definition) is 2. The Kier molecular flexibility index (Phi) is 7.73. The lowest BCUT2D eigenvalue weighted by molar-refractivity contribution is 0.0948. The van der Waals surface area contributed by atoms with Crippen molar-refractivity contribution in [3.8, 4) is 0 Å². The van der Waals surface area contributed by atoms with Gasteiger partial charge in [-0.15, -0.1) is 0 Å². The summed E-state index contributed by atoms with van der Waals surface area (Å²) in [7, 11) is -3.88. The number of rotatable bonds is 8. The average molecular weight is 576 g/mol. The van der Waals surface area contributed by atoms with Crippen LogP contribution in [0, 0.1) is 17.5 Å². The predicted octanol–water partition coefficient (Wildman–Crippen LogP) is 4.07. The fraction of sp³-hybridized carbons (Fsp3) is 0.231. The molecule has 0 bridgehead atoms. The second-order valence-corrected chi connectivity index (χ2v) is 11.6. The molecule has 1 aliphatic rings. The molecule has 0 saturated carbocycles. The van der Waals surface area contributed by atoms with E-state index in [0.29, 0.717) is 41.6 Å². The number of piperazine rings is 1. The number of benzene rings is 3. The summed E-state index contributed by atoms with van der Waals surface area (Å²) in [6.07, 6.45) is 0. The van der Waals surface area contributed by atoms with Crippen molar-refractivity contribution >= 4 is 48.3 Å². The number of carbonyl (C=O) groups excluding carboxylic acids is 1. The Hall–Kier alpha value is -3.68. The molecule has 5 rings (SSSR count). The zero-order valence-electron chi connectivity index (χ0n) is 20.5. The standard InChI is InChI=1S/C26H24F3N5O3S2/c27-18-3-7-21(8-4-18)39(36,37)32-20-5-1-17(2-6-20)25(35)30-9-10-33-11-13-34(14-12-33)26-31-24-22(29)15-19(28)16-23(24)38-26/h1-8,15-16,32H,9-14H2,(H,30,35). The Morgan fingerprint density at radius 3 is 2.31 bits per heavy atom. The van der Waals surface area contributed by atoms with Gasteiger partial charge in [-0.1, -0.05) is 11.3 Å². The molecule has 0 atom stereocenters. The Morgan fingerprint density at radius 2 is 1.62 bits per heavy atom. The lowest BCUT2D eigenvalue weighted by Crippen LogP contribution is -2.48. The molecule has 1 amide bonds. The van der Waals surface area contributed by atoms with Crippen LogP contribution in [0.15, 0.2) is 65.6 Å². The molecule has 8 nitrogen and oxygen atoms in total. The van der Waals surface area contributed by atoms with Crippen molar-refractivity contribution in [2.24, 2.45) is 0 Å². The first kappa shape index (κ1) is 26.9. The predicted molar refractivity (Wildman–Crippen MR) is 144 cm³/mol. The first-order chi connectivity index (χ1) is 18.7. The minimum atomic E-state index is -3.88. The van der Waals surface area contributed by atoms with E-state index in [9.17, 15) is 26.4 Å². The third-order valence-corrected chi connectivity index (χ3v) is 8.74. The van der Waals surface area contributed by atoms with Crippen LogP contribution in [0.5, 0.6) is 0 Å². The van der Waals surface area contributed by atoms with Gasteiger partial charge < -0.3 is 10.2 Å². The number of carbonyl (C=O) groups is 1. The molecule has 1 fully saturated rings. The zero-order chi connectivity index (χ0) is 27.6. The molecule has 39 heavy (non-hydrogen) atoms. The van der Waals surface area contributed by atoms with E-state index in [1.165, 1.54) is 53.8 Å². The summed E-state index contributed by atoms with van der Waals surface area (Å²) in [6, 6.07) is 12.6. The molecule has 0 unspecified atom stereocenters. The van der Waals surface area contributed by atoms with Crippen molar-refractivity contribution in [3.63, 3.8) is 0 Å². The maximum Gasteiger partial charge on any atom is 0.261 e. The highest BCUT2D eigenvalue weighted by molar-refractivity contribution is 7.92. The zero-order valence-corrected chi connectivity index (χ0v) is 22.2. The van der Waals surface area contributed by atoms with E-state index in [4.69, 9.17) is 0 Å². The molecule has 0 radical (unpaired) electrons. The van der Waals surface area contributed by atoms with Crippen LogP contribution in [0.1, 0.15) is 10.4 Å². The van der Waals surface area contributed by atoms with Crippen molar-refractivity contribution in [2.75, 3.05) is 48.9 Å². The number of nitrogens with one attached hydrogen (secondary N) is 2. The van der Waals surface area contributed by atoms with E-state index in [-0.39, 0.29) is 22.0 Å². The van der Waals surface area contributed by atoms with Crippen LogP contribution < -0.4 is 14.9 Å². The highest BCUT2D eigenvalue weighted by atomic mass is 32.2. The number of sulfonamides is 1. The number of amides is 1. The average Bonchev–Trinajstić information content (AvgIpc) is 3.34. The molecule has 4 aromatic rings. The number of hydrogen-bond acceptors (Lipinski definition) is 7. The highest BCUT2D eigenvalue weighted by Gasteiger charge is 2.21. The smallest absolute Gasteiger partial charge is 0.261 e. The maximum absolute atomic E-state index is 14.0. The second kappa shape index (κ2) is 11.2. The SMILES string of the molecule is O=C(NCCN1CCN(c2nc3c(F)cc(F)cc3s2)CC1)c1ccc(NS(=O)(=O)c2ccc(F)cc2)cc1. The van der Waals surface area contributed by atoms with Crippen LogP contribution >= 0.6 is 11.3 Å². The van der Waals surface area contributed by atoms with Crippen LogP contribution in [0.2, 0.25) is 0 Å². The summed E-state index contributed by atoms with van der Waals surface area (Å²) in [5.41, 5.74) is 0.832. The lowest BCUT2D eigenvalue weighted by atomic mass is 10.2. The van der Waals surface area contributed by atoms with Gasteiger partial charge in [0.1, 0.15) is 17.2 Å². The van der Waals surface area contributed by atoms with Gasteiger partial charge in [0.25, 0.3) is 15.9 Å². The van der Waals surface area contributed by atoms with Crippen LogP contribution in [0.4, 0.5) is 24.0 Å². The number of aromatic nitrogens is 1. The third-order valence-electron chi connectivity index (χ3n) is 6.28. The number of halogens is 3. The minimum Gasteiger partial charge on any atom is -0.351 e. The van der Waals surface area contributed by atoms with Crippen molar-refractivity contribution in [2.45, 2.75) is 4.90 Å². The Bertz CT molecular complexity index is 1590. The summed E-state index contributed by atoms with van der Waals surface area (Å²) in [6.45, 7) is 3.86. The van der Waals surface area contributed by atoms with Gasteiger partial charge in [-0.3, -0.25) is 14.4 Å². The van der Waals surface area contributed by atoms with E-state index in [1.54, 1.807) is 0 Å². The van der Waals surface area contributed by atoms with Crippen LogP contribution in [-0.4, -0.2) is 63.5 Å². The van der Waals surface area contributed by atoms with Gasteiger partial charge in [0.2, 0.25) is 0 Å². The molecular weight excluding hydrogens is 551 g/mol. The topological polar surface area (TPSA) is 94.6 Å². The van der Waals surface area contributed by atoms with Gasteiger partial charge in [0.15, 0.2) is 10.9 Å². The summed E-state index contributed by atoms with van der Waals surface area (Å²) in [5, 5.41) is 3.52. The molecule has 1 aromatic heterocycles. The largest absolute Gasteiger partial charge is 0.351 e. The number of anilines is 2. The third kappa shape index (κ3) is 6.32. The quantitative estimate of drug-likeness (QED) is 0.329. The fourth-order valence-corrected chi connectivity index (χ4v) is 6.31. The molecule has 204 valence electrons. The summed E-state index contributed by atoms with van der Waals surface area (Å²) in [4.78, 5) is 21.0. The molecule has 3 aromatic carbocycles. The number of fused-ring (bicyclic) bond motifs is 1. The first-order valence-corrected chi connectivity index (χ1v) is 14.4. The molecule has 2 N–H and O–H groups in total. The monoisotopic (exact) mass is 575 g/mol. The van der Waals surface area contributed by atoms with Crippen molar-refractivity contribution in [3.05, 3.63) is 83.7 Å². The van der Waals surface area contributed by atoms with Gasteiger partial charge >= 0.3 is 0 Å². The Balaban J connectivity index is 1.08.